The van der Waals surface area contributed by atoms with Crippen LogP contribution in [0.5, 0.6) is 0 Å². The summed E-state index contributed by atoms with van der Waals surface area (Å²) < 4.78 is 0. The summed E-state index contributed by atoms with van der Waals surface area (Å²) in [5.41, 5.74) is 1.81. The fraction of sp³-hybridized carbons (Fsp3) is 0. The van der Waals surface area contributed by atoms with Crippen LogP contribution in [0.15, 0.2) is 103 Å². The van der Waals surface area contributed by atoms with Crippen LogP contribution in [0, 0.1) is 0 Å². The van der Waals surface area contributed by atoms with Crippen LogP contribution < -0.4 is 15.6 Å². The zero-order valence-corrected chi connectivity index (χ0v) is 14.7. The fourth-order valence-electron chi connectivity index (χ4n) is 2.92. The topological polar surface area (TPSA) is 25.8 Å². The molecule has 0 atom stereocenters. The molecule has 0 fully saturated rings. The molecule has 0 amide bonds. The average Bonchev–Trinajstić information content (AvgIpc) is 2.71. The second-order valence-electron chi connectivity index (χ2n) is 5.75. The summed E-state index contributed by atoms with van der Waals surface area (Å²) in [5, 5.41) is 4.01. The summed E-state index contributed by atoms with van der Waals surface area (Å²) in [6.45, 7) is 0. The van der Waals surface area contributed by atoms with E-state index < -0.39 is 8.80 Å². The van der Waals surface area contributed by atoms with E-state index in [0.717, 1.165) is 11.4 Å². The number of benzene rings is 2. The monoisotopic (exact) mass is 337 g/mol. The zero-order valence-electron chi connectivity index (χ0n) is 13.7. The smallest absolute Gasteiger partial charge is 0.156 e. The van der Waals surface area contributed by atoms with Gasteiger partial charge in [-0.3, -0.25) is 9.97 Å². The molecule has 0 aliphatic heterocycles. The minimum atomic E-state index is -1.06. The molecule has 0 saturated carbocycles. The molecule has 4 aromatic rings. The second-order valence-corrected chi connectivity index (χ2v) is 8.24. The molecule has 25 heavy (non-hydrogen) atoms. The van der Waals surface area contributed by atoms with Crippen molar-refractivity contribution in [2.24, 2.45) is 0 Å². The molecule has 2 heterocycles. The van der Waals surface area contributed by atoms with Crippen molar-refractivity contribution in [3.8, 4) is 11.4 Å². The van der Waals surface area contributed by atoms with Crippen LogP contribution in [0.1, 0.15) is 0 Å². The van der Waals surface area contributed by atoms with Gasteiger partial charge in [-0.05, 0) is 23.4 Å². The minimum absolute atomic E-state index is 0.905. The Morgan fingerprint density at radius 3 is 1.60 bits per heavy atom. The third-order valence-electron chi connectivity index (χ3n) is 4.10. The Balaban J connectivity index is 1.75. The molecule has 119 valence electrons. The van der Waals surface area contributed by atoms with Crippen LogP contribution >= 0.6 is 0 Å². The third-order valence-corrected chi connectivity index (χ3v) is 6.80. The van der Waals surface area contributed by atoms with Crippen molar-refractivity contribution in [2.45, 2.75) is 0 Å². The lowest BCUT2D eigenvalue weighted by Crippen LogP contribution is -2.52. The maximum Gasteiger partial charge on any atom is 0.156 e. The van der Waals surface area contributed by atoms with Gasteiger partial charge in [0.2, 0.25) is 0 Å². The predicted molar refractivity (Wildman–Crippen MR) is 105 cm³/mol. The Labute approximate surface area is 149 Å². The molecule has 0 aliphatic rings. The van der Waals surface area contributed by atoms with E-state index in [2.05, 4.69) is 82.8 Å². The standard InChI is InChI=1S/C22H17N2Si/c1-3-9-18(10-4-1)25(19-11-5-2-6-12-19)20-14-15-22(24-17-20)21-13-7-8-16-23-21/h1-17H. The highest BCUT2D eigenvalue weighted by atomic mass is 28.3. The van der Waals surface area contributed by atoms with Gasteiger partial charge in [-0.1, -0.05) is 83.2 Å². The van der Waals surface area contributed by atoms with E-state index in [1.54, 1.807) is 6.20 Å². The van der Waals surface area contributed by atoms with Gasteiger partial charge in [-0.15, -0.1) is 0 Å². The van der Waals surface area contributed by atoms with Gasteiger partial charge in [0.15, 0.2) is 8.80 Å². The maximum absolute atomic E-state index is 4.68. The first kappa shape index (κ1) is 15.5. The quantitative estimate of drug-likeness (QED) is 0.535. The van der Waals surface area contributed by atoms with Gasteiger partial charge in [0.05, 0.1) is 11.4 Å². The first-order chi connectivity index (χ1) is 12.4. The van der Waals surface area contributed by atoms with E-state index >= 15 is 0 Å². The minimum Gasteiger partial charge on any atom is -0.255 e. The highest BCUT2D eigenvalue weighted by molar-refractivity contribution is 6.95. The van der Waals surface area contributed by atoms with Gasteiger partial charge in [-0.25, -0.2) is 0 Å². The number of nitrogens with zero attached hydrogens (tertiary/aromatic N) is 2. The van der Waals surface area contributed by atoms with Crippen molar-refractivity contribution in [3.05, 3.63) is 103 Å². The molecule has 0 bridgehead atoms. The van der Waals surface area contributed by atoms with Crippen LogP contribution in [0.3, 0.4) is 0 Å². The van der Waals surface area contributed by atoms with E-state index in [4.69, 9.17) is 0 Å². The van der Waals surface area contributed by atoms with Crippen LogP contribution in [0.4, 0.5) is 0 Å². The van der Waals surface area contributed by atoms with Crippen LogP contribution in [0.2, 0.25) is 0 Å². The Bertz CT molecular complexity index is 884. The molecule has 0 spiro atoms. The van der Waals surface area contributed by atoms with Crippen molar-refractivity contribution >= 4 is 24.4 Å². The van der Waals surface area contributed by atoms with Gasteiger partial charge < -0.3 is 0 Å². The van der Waals surface area contributed by atoms with Crippen LogP contribution in [-0.2, 0) is 0 Å². The van der Waals surface area contributed by atoms with E-state index in [1.165, 1.54) is 15.6 Å². The molecule has 0 aliphatic carbocycles. The third kappa shape index (κ3) is 3.42. The first-order valence-electron chi connectivity index (χ1n) is 8.27. The van der Waals surface area contributed by atoms with Gasteiger partial charge >= 0.3 is 0 Å². The van der Waals surface area contributed by atoms with Crippen LogP contribution in [0.25, 0.3) is 11.4 Å². The zero-order chi connectivity index (χ0) is 16.9. The summed E-state index contributed by atoms with van der Waals surface area (Å²) in [6, 6.07) is 31.6. The van der Waals surface area contributed by atoms with Crippen LogP contribution in [-0.4, -0.2) is 18.8 Å². The molecule has 2 aromatic carbocycles. The van der Waals surface area contributed by atoms with Crippen molar-refractivity contribution in [3.63, 3.8) is 0 Å². The number of hydrogen-bond donors (Lipinski definition) is 0. The molecule has 2 nitrogen and oxygen atoms in total. The maximum atomic E-state index is 4.68. The van der Waals surface area contributed by atoms with Gasteiger partial charge in [0.25, 0.3) is 0 Å². The summed E-state index contributed by atoms with van der Waals surface area (Å²) in [5.74, 6) is 0. The van der Waals surface area contributed by atoms with Gasteiger partial charge in [0, 0.05) is 12.4 Å². The highest BCUT2D eigenvalue weighted by Crippen LogP contribution is 2.11. The lowest BCUT2D eigenvalue weighted by molar-refractivity contribution is 1.25. The molecule has 0 saturated heterocycles. The van der Waals surface area contributed by atoms with Crippen molar-refractivity contribution in [1.82, 2.24) is 9.97 Å². The van der Waals surface area contributed by atoms with Gasteiger partial charge in [-0.2, -0.15) is 0 Å². The number of hydrogen-bond acceptors (Lipinski definition) is 2. The molecule has 4 rings (SSSR count). The number of pyridine rings is 2. The molecule has 3 heteroatoms. The Hall–Kier alpha value is -3.04. The molecule has 1 radical (unpaired) electrons. The summed E-state index contributed by atoms with van der Waals surface area (Å²) >= 11 is 0. The van der Waals surface area contributed by atoms with E-state index in [-0.39, 0.29) is 0 Å². The second kappa shape index (κ2) is 7.24. The SMILES string of the molecule is c1ccc([Si](c2ccccc2)c2ccc(-c3ccccn3)nc2)cc1. The lowest BCUT2D eigenvalue weighted by Gasteiger charge is -2.16. The van der Waals surface area contributed by atoms with E-state index in [0.29, 0.717) is 0 Å². The number of aromatic nitrogens is 2. The molecule has 0 unspecified atom stereocenters. The molecular formula is C22H17N2Si. The van der Waals surface area contributed by atoms with Crippen molar-refractivity contribution < 1.29 is 0 Å². The Morgan fingerprint density at radius 2 is 1.08 bits per heavy atom. The lowest BCUT2D eigenvalue weighted by atomic mass is 10.2. The Morgan fingerprint density at radius 1 is 0.480 bits per heavy atom. The Kier molecular flexibility index (Phi) is 4.48. The largest absolute Gasteiger partial charge is 0.255 e. The summed E-state index contributed by atoms with van der Waals surface area (Å²) in [6.07, 6.45) is 3.81. The molecule has 2 aromatic heterocycles. The predicted octanol–water partition coefficient (Wildman–Crippen LogP) is 2.66. The molecule has 0 N–H and O–H groups in total. The number of rotatable bonds is 4. The highest BCUT2D eigenvalue weighted by Gasteiger charge is 2.19. The average molecular weight is 337 g/mol. The van der Waals surface area contributed by atoms with Crippen molar-refractivity contribution in [1.29, 1.82) is 0 Å². The summed E-state index contributed by atoms with van der Waals surface area (Å²) in [7, 11) is -1.06. The van der Waals surface area contributed by atoms with Crippen molar-refractivity contribution in [2.75, 3.05) is 0 Å². The normalized spacial score (nSPS) is 10.8. The van der Waals surface area contributed by atoms with Gasteiger partial charge in [0.1, 0.15) is 0 Å². The van der Waals surface area contributed by atoms with E-state index in [1.807, 2.05) is 24.4 Å². The first-order valence-corrected chi connectivity index (χ1v) is 9.77. The van der Waals surface area contributed by atoms with E-state index in [9.17, 15) is 0 Å². The molecular weight excluding hydrogens is 320 g/mol. The summed E-state index contributed by atoms with van der Waals surface area (Å²) in [4.78, 5) is 9.07. The fourth-order valence-corrected chi connectivity index (χ4v) is 5.41.